The molecular weight excluding hydrogens is 388 g/mol. The first kappa shape index (κ1) is 20.0. The highest BCUT2D eigenvalue weighted by atomic mass is 16.7. The van der Waals surface area contributed by atoms with Crippen LogP contribution in [-0.2, 0) is 33.3 Å². The maximum atomic E-state index is 12.8. The van der Waals surface area contributed by atoms with Gasteiger partial charge < -0.3 is 18.9 Å². The van der Waals surface area contributed by atoms with E-state index in [4.69, 9.17) is 18.9 Å². The molecule has 1 aliphatic heterocycles. The predicted octanol–water partition coefficient (Wildman–Crippen LogP) is 2.77. The fourth-order valence-electron chi connectivity index (χ4n) is 6.80. The number of carbonyl (C=O) groups is 3. The standard InChI is InChI=1S/C23H30O7/c1-11(2)21(24)29-18-8-16(17-9-19(18)30-23(17)26)22(25)28-10-27-20-14-4-12-3-13(6-14)7-15(20)5-12/h12-20H,1,3-10H2,2H3. The number of esters is 3. The van der Waals surface area contributed by atoms with Crippen LogP contribution in [0.5, 0.6) is 0 Å². The Morgan fingerprint density at radius 1 is 1.03 bits per heavy atom. The maximum absolute atomic E-state index is 12.8. The van der Waals surface area contributed by atoms with Crippen molar-refractivity contribution >= 4 is 17.9 Å². The molecule has 0 radical (unpaired) electrons. The minimum atomic E-state index is -0.679. The van der Waals surface area contributed by atoms with E-state index in [1.54, 1.807) is 6.92 Å². The van der Waals surface area contributed by atoms with E-state index >= 15 is 0 Å². The highest BCUT2D eigenvalue weighted by Crippen LogP contribution is 2.54. The lowest BCUT2D eigenvalue weighted by atomic mass is 9.55. The van der Waals surface area contributed by atoms with Crippen molar-refractivity contribution in [2.75, 3.05) is 6.79 Å². The number of fused-ring (bicyclic) bond motifs is 2. The molecule has 6 aliphatic rings. The van der Waals surface area contributed by atoms with Gasteiger partial charge in [0.2, 0.25) is 0 Å². The van der Waals surface area contributed by atoms with Crippen molar-refractivity contribution in [3.63, 3.8) is 0 Å². The molecule has 0 aromatic carbocycles. The second-order valence-electron chi connectivity index (χ2n) is 10.0. The second kappa shape index (κ2) is 7.66. The van der Waals surface area contributed by atoms with Gasteiger partial charge in [-0.3, -0.25) is 9.59 Å². The summed E-state index contributed by atoms with van der Waals surface area (Å²) in [6.45, 7) is 5.05. The molecule has 30 heavy (non-hydrogen) atoms. The van der Waals surface area contributed by atoms with Crippen molar-refractivity contribution < 1.29 is 33.3 Å². The van der Waals surface area contributed by atoms with Crippen molar-refractivity contribution in [3.05, 3.63) is 12.2 Å². The molecule has 0 aromatic rings. The van der Waals surface area contributed by atoms with Crippen molar-refractivity contribution in [1.29, 1.82) is 0 Å². The maximum Gasteiger partial charge on any atom is 0.333 e. The summed E-state index contributed by atoms with van der Waals surface area (Å²) in [5, 5.41) is 0. The summed E-state index contributed by atoms with van der Waals surface area (Å²) in [6.07, 6.45) is 5.93. The van der Waals surface area contributed by atoms with E-state index in [0.29, 0.717) is 18.3 Å². The van der Waals surface area contributed by atoms with Crippen molar-refractivity contribution in [2.45, 2.75) is 70.2 Å². The summed E-state index contributed by atoms with van der Waals surface area (Å²) in [5.74, 6) is 0.241. The third-order valence-corrected chi connectivity index (χ3v) is 7.95. The molecule has 6 bridgehead atoms. The van der Waals surface area contributed by atoms with Gasteiger partial charge in [-0.2, -0.15) is 0 Å². The number of ether oxygens (including phenoxy) is 4. The van der Waals surface area contributed by atoms with Crippen LogP contribution in [-0.4, -0.2) is 43.0 Å². The molecule has 5 aliphatic carbocycles. The Hall–Kier alpha value is -1.89. The molecule has 4 atom stereocenters. The second-order valence-corrected chi connectivity index (χ2v) is 10.0. The number of hydrogen-bond acceptors (Lipinski definition) is 7. The van der Waals surface area contributed by atoms with E-state index in [1.807, 2.05) is 0 Å². The molecule has 5 saturated carbocycles. The average Bonchev–Trinajstić information content (AvgIpc) is 3.02. The summed E-state index contributed by atoms with van der Waals surface area (Å²) in [7, 11) is 0. The van der Waals surface area contributed by atoms with Gasteiger partial charge in [0, 0.05) is 18.4 Å². The third kappa shape index (κ3) is 3.55. The Morgan fingerprint density at radius 2 is 1.70 bits per heavy atom. The smallest absolute Gasteiger partial charge is 0.333 e. The van der Waals surface area contributed by atoms with Crippen LogP contribution in [0.3, 0.4) is 0 Å². The Balaban J connectivity index is 1.17. The largest absolute Gasteiger partial charge is 0.458 e. The number of carbonyl (C=O) groups excluding carboxylic acids is 3. The van der Waals surface area contributed by atoms with Crippen molar-refractivity contribution in [1.82, 2.24) is 0 Å². The van der Waals surface area contributed by atoms with E-state index in [-0.39, 0.29) is 24.9 Å². The first-order valence-corrected chi connectivity index (χ1v) is 11.2. The summed E-state index contributed by atoms with van der Waals surface area (Å²) in [6, 6.07) is 0. The SMILES string of the molecule is C=C(C)C(=O)OC1CC(C(=O)OCOC2C3CC4CC(C3)CC2C4)C2CC1OC2=O. The zero-order chi connectivity index (χ0) is 21.0. The number of rotatable bonds is 6. The van der Waals surface area contributed by atoms with Crippen LogP contribution >= 0.6 is 0 Å². The van der Waals surface area contributed by atoms with Crippen LogP contribution in [0.1, 0.15) is 51.9 Å². The molecule has 1 saturated heterocycles. The Labute approximate surface area is 176 Å². The van der Waals surface area contributed by atoms with Crippen LogP contribution in [0, 0.1) is 35.5 Å². The Kier molecular flexibility index (Phi) is 5.12. The van der Waals surface area contributed by atoms with Crippen LogP contribution in [0.4, 0.5) is 0 Å². The highest BCUT2D eigenvalue weighted by Gasteiger charge is 2.53. The van der Waals surface area contributed by atoms with E-state index < -0.39 is 42.0 Å². The lowest BCUT2D eigenvalue weighted by Crippen LogP contribution is -2.49. The fraction of sp³-hybridized carbons (Fsp3) is 0.783. The summed E-state index contributed by atoms with van der Waals surface area (Å²) < 4.78 is 22.3. The van der Waals surface area contributed by atoms with Gasteiger partial charge in [0.25, 0.3) is 0 Å². The van der Waals surface area contributed by atoms with Gasteiger partial charge in [-0.15, -0.1) is 0 Å². The molecule has 0 aromatic heterocycles. The topological polar surface area (TPSA) is 88.1 Å². The molecular formula is C23H30O7. The molecule has 7 heteroatoms. The third-order valence-electron chi connectivity index (χ3n) is 7.95. The van der Waals surface area contributed by atoms with E-state index in [1.165, 1.54) is 32.1 Å². The van der Waals surface area contributed by atoms with E-state index in [0.717, 1.165) is 11.8 Å². The minimum absolute atomic E-state index is 0.0796. The molecule has 0 spiro atoms. The molecule has 6 rings (SSSR count). The molecule has 6 fully saturated rings. The van der Waals surface area contributed by atoms with Gasteiger partial charge in [-0.25, -0.2) is 4.79 Å². The van der Waals surface area contributed by atoms with Crippen LogP contribution in [0.15, 0.2) is 12.2 Å². The van der Waals surface area contributed by atoms with Gasteiger partial charge in [0.15, 0.2) is 6.79 Å². The predicted molar refractivity (Wildman–Crippen MR) is 104 cm³/mol. The van der Waals surface area contributed by atoms with Crippen LogP contribution < -0.4 is 0 Å². The van der Waals surface area contributed by atoms with Gasteiger partial charge in [0.1, 0.15) is 12.2 Å². The molecule has 0 amide bonds. The van der Waals surface area contributed by atoms with E-state index in [9.17, 15) is 14.4 Å². The van der Waals surface area contributed by atoms with Gasteiger partial charge >= 0.3 is 17.9 Å². The molecule has 4 unspecified atom stereocenters. The molecule has 7 nitrogen and oxygen atoms in total. The van der Waals surface area contributed by atoms with Gasteiger partial charge in [-0.05, 0) is 62.7 Å². The first-order chi connectivity index (χ1) is 14.4. The summed E-state index contributed by atoms with van der Waals surface area (Å²) >= 11 is 0. The van der Waals surface area contributed by atoms with Gasteiger partial charge in [-0.1, -0.05) is 6.58 Å². The monoisotopic (exact) mass is 418 g/mol. The number of hydrogen-bond donors (Lipinski definition) is 0. The average molecular weight is 418 g/mol. The zero-order valence-corrected chi connectivity index (χ0v) is 17.4. The highest BCUT2D eigenvalue weighted by molar-refractivity contribution is 5.88. The van der Waals surface area contributed by atoms with Crippen molar-refractivity contribution in [2.24, 2.45) is 35.5 Å². The van der Waals surface area contributed by atoms with E-state index in [2.05, 4.69) is 6.58 Å². The van der Waals surface area contributed by atoms with Crippen LogP contribution in [0.2, 0.25) is 0 Å². The quantitative estimate of drug-likeness (QED) is 0.284. The Bertz CT molecular complexity index is 731. The minimum Gasteiger partial charge on any atom is -0.458 e. The molecule has 0 N–H and O–H groups in total. The first-order valence-electron chi connectivity index (χ1n) is 11.2. The zero-order valence-electron chi connectivity index (χ0n) is 17.4. The normalized spacial score (nSPS) is 43.2. The fourth-order valence-corrected chi connectivity index (χ4v) is 6.80. The molecule has 1 heterocycles. The lowest BCUT2D eigenvalue weighted by molar-refractivity contribution is -0.192. The summed E-state index contributed by atoms with van der Waals surface area (Å²) in [4.78, 5) is 36.9. The summed E-state index contributed by atoms with van der Waals surface area (Å²) in [5.41, 5.74) is 0.268. The Morgan fingerprint density at radius 3 is 2.33 bits per heavy atom. The van der Waals surface area contributed by atoms with Crippen molar-refractivity contribution in [3.8, 4) is 0 Å². The van der Waals surface area contributed by atoms with Crippen LogP contribution in [0.25, 0.3) is 0 Å². The van der Waals surface area contributed by atoms with Gasteiger partial charge in [0.05, 0.1) is 17.9 Å². The lowest BCUT2D eigenvalue weighted by Gasteiger charge is -2.53. The molecule has 164 valence electrons.